The summed E-state index contributed by atoms with van der Waals surface area (Å²) in [5.41, 5.74) is 11.0. The van der Waals surface area contributed by atoms with E-state index in [1.54, 1.807) is 4.90 Å². The minimum atomic E-state index is 0.0703. The lowest BCUT2D eigenvalue weighted by atomic mass is 10.0. The maximum Gasteiger partial charge on any atom is 0.231 e. The molecule has 0 saturated carbocycles. The van der Waals surface area contributed by atoms with Crippen LogP contribution < -0.4 is 10.6 Å². The van der Waals surface area contributed by atoms with Crippen molar-refractivity contribution in [3.05, 3.63) is 64.7 Å². The number of hydrogen-bond donors (Lipinski definition) is 1. The molecule has 0 unspecified atom stereocenters. The molecule has 0 atom stereocenters. The number of likely N-dealkylation sites (N-methyl/N-ethyl adjacent to an activating group) is 1. The molecule has 0 aliphatic heterocycles. The summed E-state index contributed by atoms with van der Waals surface area (Å²) in [4.78, 5) is 14.2. The Morgan fingerprint density at radius 2 is 1.62 bits per heavy atom. The van der Waals surface area contributed by atoms with Crippen LogP contribution in [-0.2, 0) is 17.8 Å². The van der Waals surface area contributed by atoms with Crippen LogP contribution in [0.1, 0.15) is 22.3 Å². The highest BCUT2D eigenvalue weighted by Gasteiger charge is 2.13. The lowest BCUT2D eigenvalue weighted by molar-refractivity contribution is -0.117. The van der Waals surface area contributed by atoms with Crippen molar-refractivity contribution in [3.63, 3.8) is 0 Å². The van der Waals surface area contributed by atoms with E-state index in [0.717, 1.165) is 27.9 Å². The molecule has 2 aromatic rings. The topological polar surface area (TPSA) is 46.3 Å². The number of aryl methyl sites for hydroxylation is 2. The molecule has 2 aromatic carbocycles. The lowest BCUT2D eigenvalue weighted by Gasteiger charge is -2.19. The number of amides is 1. The molecular formula is C18H22N2O. The molecular weight excluding hydrogens is 260 g/mol. The maximum atomic E-state index is 12.5. The van der Waals surface area contributed by atoms with Gasteiger partial charge in [-0.25, -0.2) is 0 Å². The van der Waals surface area contributed by atoms with Gasteiger partial charge < -0.3 is 10.6 Å². The van der Waals surface area contributed by atoms with Crippen LogP contribution in [-0.4, -0.2) is 13.0 Å². The van der Waals surface area contributed by atoms with E-state index in [1.807, 2.05) is 57.3 Å². The Morgan fingerprint density at radius 3 is 2.19 bits per heavy atom. The third kappa shape index (κ3) is 3.70. The van der Waals surface area contributed by atoms with E-state index >= 15 is 0 Å². The Labute approximate surface area is 126 Å². The van der Waals surface area contributed by atoms with E-state index in [0.29, 0.717) is 13.0 Å². The molecule has 2 rings (SSSR count). The standard InChI is InChI=1S/C18H22N2O/c1-13-8-14(2)10-17(9-13)20(3)18(21)11-15-6-4-5-7-16(15)12-19/h4-10H,11-12,19H2,1-3H3. The predicted molar refractivity (Wildman–Crippen MR) is 87.4 cm³/mol. The Balaban J connectivity index is 2.19. The molecule has 0 heterocycles. The molecule has 0 aliphatic rings. The number of nitrogens with two attached hydrogens (primary N) is 1. The van der Waals surface area contributed by atoms with Gasteiger partial charge in [0, 0.05) is 19.3 Å². The molecule has 0 saturated heterocycles. The van der Waals surface area contributed by atoms with Crippen LogP contribution in [0, 0.1) is 13.8 Å². The van der Waals surface area contributed by atoms with Crippen LogP contribution >= 0.6 is 0 Å². The summed E-state index contributed by atoms with van der Waals surface area (Å²) in [6.45, 7) is 4.54. The quantitative estimate of drug-likeness (QED) is 0.937. The van der Waals surface area contributed by atoms with Crippen LogP contribution in [0.15, 0.2) is 42.5 Å². The molecule has 0 aliphatic carbocycles. The zero-order valence-electron chi connectivity index (χ0n) is 12.9. The molecule has 1 amide bonds. The molecule has 0 fully saturated rings. The summed E-state index contributed by atoms with van der Waals surface area (Å²) in [7, 11) is 1.82. The minimum Gasteiger partial charge on any atom is -0.326 e. The van der Waals surface area contributed by atoms with Gasteiger partial charge in [-0.15, -0.1) is 0 Å². The van der Waals surface area contributed by atoms with Gasteiger partial charge in [0.05, 0.1) is 6.42 Å². The second-order valence-corrected chi connectivity index (χ2v) is 5.45. The van der Waals surface area contributed by atoms with E-state index < -0.39 is 0 Å². The molecule has 3 nitrogen and oxygen atoms in total. The third-order valence-electron chi connectivity index (χ3n) is 3.65. The average molecular weight is 282 g/mol. The SMILES string of the molecule is Cc1cc(C)cc(N(C)C(=O)Cc2ccccc2CN)c1. The van der Waals surface area contributed by atoms with Crippen LogP contribution in [0.4, 0.5) is 5.69 Å². The summed E-state index contributed by atoms with van der Waals surface area (Å²) in [6, 6.07) is 14.0. The normalized spacial score (nSPS) is 10.5. The van der Waals surface area contributed by atoms with Crippen LogP contribution in [0.3, 0.4) is 0 Å². The highest BCUT2D eigenvalue weighted by molar-refractivity contribution is 5.94. The first-order valence-electron chi connectivity index (χ1n) is 7.13. The monoisotopic (exact) mass is 282 g/mol. The number of benzene rings is 2. The summed E-state index contributed by atoms with van der Waals surface area (Å²) in [5.74, 6) is 0.0703. The van der Waals surface area contributed by atoms with Gasteiger partial charge >= 0.3 is 0 Å². The molecule has 2 N–H and O–H groups in total. The van der Waals surface area contributed by atoms with Gasteiger partial charge in [-0.05, 0) is 48.2 Å². The Hall–Kier alpha value is -2.13. The number of rotatable bonds is 4. The van der Waals surface area contributed by atoms with E-state index in [2.05, 4.69) is 6.07 Å². The van der Waals surface area contributed by atoms with Crippen molar-refractivity contribution < 1.29 is 4.79 Å². The fourth-order valence-electron chi connectivity index (χ4n) is 2.50. The minimum absolute atomic E-state index is 0.0703. The summed E-state index contributed by atoms with van der Waals surface area (Å²) < 4.78 is 0. The molecule has 0 radical (unpaired) electrons. The number of carbonyl (C=O) groups is 1. The largest absolute Gasteiger partial charge is 0.326 e. The highest BCUT2D eigenvalue weighted by atomic mass is 16.2. The van der Waals surface area contributed by atoms with Gasteiger partial charge in [0.15, 0.2) is 0 Å². The van der Waals surface area contributed by atoms with Crippen LogP contribution in [0.5, 0.6) is 0 Å². The smallest absolute Gasteiger partial charge is 0.231 e. The predicted octanol–water partition coefficient (Wildman–Crippen LogP) is 2.97. The van der Waals surface area contributed by atoms with Gasteiger partial charge in [0.2, 0.25) is 5.91 Å². The van der Waals surface area contributed by atoms with Crippen molar-refractivity contribution in [2.75, 3.05) is 11.9 Å². The Morgan fingerprint density at radius 1 is 1.05 bits per heavy atom. The fourth-order valence-corrected chi connectivity index (χ4v) is 2.50. The van der Waals surface area contributed by atoms with E-state index in [-0.39, 0.29) is 5.91 Å². The zero-order chi connectivity index (χ0) is 15.4. The first kappa shape index (κ1) is 15.3. The first-order valence-corrected chi connectivity index (χ1v) is 7.13. The maximum absolute atomic E-state index is 12.5. The van der Waals surface area contributed by atoms with Crippen molar-refractivity contribution in [1.29, 1.82) is 0 Å². The molecule has 110 valence electrons. The van der Waals surface area contributed by atoms with Crippen molar-refractivity contribution in [1.82, 2.24) is 0 Å². The second kappa shape index (κ2) is 6.55. The van der Waals surface area contributed by atoms with Gasteiger partial charge in [0.25, 0.3) is 0 Å². The molecule has 3 heteroatoms. The van der Waals surface area contributed by atoms with Gasteiger partial charge in [-0.3, -0.25) is 4.79 Å². The number of carbonyl (C=O) groups excluding carboxylic acids is 1. The van der Waals surface area contributed by atoms with E-state index in [4.69, 9.17) is 5.73 Å². The summed E-state index contributed by atoms with van der Waals surface area (Å²) >= 11 is 0. The third-order valence-corrected chi connectivity index (χ3v) is 3.65. The lowest BCUT2D eigenvalue weighted by Crippen LogP contribution is -2.28. The van der Waals surface area contributed by atoms with Gasteiger partial charge in [-0.1, -0.05) is 30.3 Å². The van der Waals surface area contributed by atoms with E-state index in [9.17, 15) is 4.79 Å². The molecule has 0 spiro atoms. The summed E-state index contributed by atoms with van der Waals surface area (Å²) in [5, 5.41) is 0. The molecule has 0 aromatic heterocycles. The van der Waals surface area contributed by atoms with Crippen molar-refractivity contribution in [2.24, 2.45) is 5.73 Å². The average Bonchev–Trinajstić information content (AvgIpc) is 2.46. The molecule has 21 heavy (non-hydrogen) atoms. The van der Waals surface area contributed by atoms with E-state index in [1.165, 1.54) is 0 Å². The first-order chi connectivity index (χ1) is 10.0. The molecule has 0 bridgehead atoms. The van der Waals surface area contributed by atoms with Gasteiger partial charge in [0.1, 0.15) is 0 Å². The van der Waals surface area contributed by atoms with Crippen LogP contribution in [0.2, 0.25) is 0 Å². The van der Waals surface area contributed by atoms with Crippen molar-refractivity contribution >= 4 is 11.6 Å². The Bertz CT molecular complexity index is 629. The number of hydrogen-bond acceptors (Lipinski definition) is 2. The summed E-state index contributed by atoms with van der Waals surface area (Å²) in [6.07, 6.45) is 0.372. The fraction of sp³-hybridized carbons (Fsp3) is 0.278. The van der Waals surface area contributed by atoms with Crippen molar-refractivity contribution in [2.45, 2.75) is 26.8 Å². The van der Waals surface area contributed by atoms with Gasteiger partial charge in [-0.2, -0.15) is 0 Å². The van der Waals surface area contributed by atoms with Crippen LogP contribution in [0.25, 0.3) is 0 Å². The number of nitrogens with zero attached hydrogens (tertiary/aromatic N) is 1. The second-order valence-electron chi connectivity index (χ2n) is 5.45. The Kier molecular flexibility index (Phi) is 4.76. The number of anilines is 1. The highest BCUT2D eigenvalue weighted by Crippen LogP contribution is 2.19. The van der Waals surface area contributed by atoms with Crippen molar-refractivity contribution in [3.8, 4) is 0 Å². The zero-order valence-corrected chi connectivity index (χ0v) is 12.9.